The van der Waals surface area contributed by atoms with E-state index < -0.39 is 0 Å². The summed E-state index contributed by atoms with van der Waals surface area (Å²) in [7, 11) is 3.29. The van der Waals surface area contributed by atoms with Crippen molar-refractivity contribution in [1.82, 2.24) is 24.3 Å². The predicted octanol–water partition coefficient (Wildman–Crippen LogP) is 3.99. The third kappa shape index (κ3) is 4.87. The van der Waals surface area contributed by atoms with Crippen LogP contribution in [0.4, 0.5) is 5.69 Å². The smallest absolute Gasteiger partial charge is 0.164 e. The van der Waals surface area contributed by atoms with Crippen molar-refractivity contribution in [2.75, 3.05) is 45.4 Å². The molecule has 1 N–H and O–H groups in total. The zero-order valence-corrected chi connectivity index (χ0v) is 22.9. The van der Waals surface area contributed by atoms with Crippen LogP contribution >= 0.6 is 0 Å². The summed E-state index contributed by atoms with van der Waals surface area (Å²) in [6.45, 7) is 5.16. The van der Waals surface area contributed by atoms with Gasteiger partial charge in [-0.1, -0.05) is 23.8 Å². The highest BCUT2D eigenvalue weighted by molar-refractivity contribution is 5.88. The van der Waals surface area contributed by atoms with E-state index in [-0.39, 0.29) is 6.61 Å². The molecule has 10 heteroatoms. The normalized spacial score (nSPS) is 13.7. The second-order valence-electron chi connectivity index (χ2n) is 9.78. The van der Waals surface area contributed by atoms with E-state index in [1.54, 1.807) is 18.9 Å². The van der Waals surface area contributed by atoms with E-state index >= 15 is 0 Å². The number of fused-ring (bicyclic) bond motifs is 1. The summed E-state index contributed by atoms with van der Waals surface area (Å²) in [4.78, 5) is 12.1. The highest BCUT2D eigenvalue weighted by atomic mass is 16.5. The Kier molecular flexibility index (Phi) is 7.10. The molecule has 2 aromatic carbocycles. The van der Waals surface area contributed by atoms with Crippen LogP contribution in [0.5, 0.6) is 11.5 Å². The van der Waals surface area contributed by atoms with Crippen molar-refractivity contribution in [2.24, 2.45) is 0 Å². The van der Waals surface area contributed by atoms with E-state index in [2.05, 4.69) is 24.0 Å². The van der Waals surface area contributed by atoms with E-state index in [9.17, 15) is 5.11 Å². The topological polar surface area (TPSA) is 99.7 Å². The number of nitrogens with zero attached hydrogens (tertiary/aromatic N) is 6. The molecule has 1 fully saturated rings. The molecule has 3 aromatic heterocycles. The van der Waals surface area contributed by atoms with E-state index in [0.29, 0.717) is 36.9 Å². The summed E-state index contributed by atoms with van der Waals surface area (Å²) in [5, 5.41) is 15.2. The summed E-state index contributed by atoms with van der Waals surface area (Å²) in [6, 6.07) is 17.9. The lowest BCUT2D eigenvalue weighted by Crippen LogP contribution is -2.36. The minimum absolute atomic E-state index is 0.173. The fourth-order valence-electron chi connectivity index (χ4n) is 5.12. The maximum atomic E-state index is 10.3. The number of aryl methyl sites for hydroxylation is 1. The molecular weight excluding hydrogens is 508 g/mol. The Bertz CT molecular complexity index is 1650. The summed E-state index contributed by atoms with van der Waals surface area (Å²) >= 11 is 0. The van der Waals surface area contributed by atoms with E-state index in [0.717, 1.165) is 58.2 Å². The van der Waals surface area contributed by atoms with Crippen LogP contribution in [-0.4, -0.2) is 69.9 Å². The van der Waals surface area contributed by atoms with Crippen LogP contribution in [0, 0.1) is 6.92 Å². The first-order valence-electron chi connectivity index (χ1n) is 13.2. The van der Waals surface area contributed by atoms with Crippen molar-refractivity contribution in [1.29, 1.82) is 0 Å². The molecule has 6 rings (SSSR count). The molecule has 0 spiro atoms. The van der Waals surface area contributed by atoms with Crippen molar-refractivity contribution in [2.45, 2.75) is 20.1 Å². The number of pyridine rings is 1. The molecule has 0 bridgehead atoms. The third-order valence-corrected chi connectivity index (χ3v) is 7.20. The van der Waals surface area contributed by atoms with Crippen LogP contribution in [0.3, 0.4) is 0 Å². The van der Waals surface area contributed by atoms with Gasteiger partial charge in [-0.2, -0.15) is 5.10 Å². The Morgan fingerprint density at radius 1 is 1.00 bits per heavy atom. The number of aromatic nitrogens is 5. The number of rotatable bonds is 8. The molecule has 5 aromatic rings. The fourth-order valence-corrected chi connectivity index (χ4v) is 5.12. The second-order valence-corrected chi connectivity index (χ2v) is 9.78. The Morgan fingerprint density at radius 2 is 1.85 bits per heavy atom. The molecule has 0 aliphatic carbocycles. The van der Waals surface area contributed by atoms with E-state index in [4.69, 9.17) is 29.3 Å². The molecule has 10 nitrogen and oxygen atoms in total. The second kappa shape index (κ2) is 11.0. The molecule has 1 saturated heterocycles. The van der Waals surface area contributed by atoms with Crippen molar-refractivity contribution in [3.05, 3.63) is 77.7 Å². The Morgan fingerprint density at radius 3 is 2.60 bits per heavy atom. The minimum Gasteiger partial charge on any atom is -0.497 e. The standard InChI is InChI=1S/C30H32N6O4/c1-20-5-4-6-21(13-20)25-14-23(18-37)36(33-25)28-16-26(34-9-11-40-12-10-34)29-30(32-28)35(19-31-29)17-22-7-8-24(38-2)15-27(22)39-3/h4-8,13-16,19,37H,9-12,17-18H2,1-3H3. The number of aliphatic hydroxyl groups is 1. The fraction of sp³-hybridized carbons (Fsp3) is 0.300. The third-order valence-electron chi connectivity index (χ3n) is 7.20. The van der Waals surface area contributed by atoms with E-state index in [1.165, 1.54) is 0 Å². The van der Waals surface area contributed by atoms with Gasteiger partial charge in [-0.05, 0) is 31.2 Å². The number of aliphatic hydroxyl groups excluding tert-OH is 1. The van der Waals surface area contributed by atoms with Gasteiger partial charge in [0, 0.05) is 36.3 Å². The van der Waals surface area contributed by atoms with Gasteiger partial charge in [0.2, 0.25) is 0 Å². The van der Waals surface area contributed by atoms with Gasteiger partial charge in [-0.25, -0.2) is 14.6 Å². The number of hydrogen-bond donors (Lipinski definition) is 1. The number of methoxy groups -OCH3 is 2. The van der Waals surface area contributed by atoms with Crippen molar-refractivity contribution >= 4 is 16.9 Å². The van der Waals surface area contributed by atoms with Crippen LogP contribution in [-0.2, 0) is 17.9 Å². The highest BCUT2D eigenvalue weighted by Crippen LogP contribution is 2.31. The average molecular weight is 541 g/mol. The number of anilines is 1. The maximum Gasteiger partial charge on any atom is 0.164 e. The van der Waals surface area contributed by atoms with Crippen molar-refractivity contribution < 1.29 is 19.3 Å². The van der Waals surface area contributed by atoms with Gasteiger partial charge in [0.15, 0.2) is 11.5 Å². The van der Waals surface area contributed by atoms with Crippen LogP contribution in [0.1, 0.15) is 16.8 Å². The van der Waals surface area contributed by atoms with Gasteiger partial charge < -0.3 is 28.8 Å². The number of hydrogen-bond acceptors (Lipinski definition) is 8. The molecule has 0 unspecified atom stereocenters. The van der Waals surface area contributed by atoms with Crippen LogP contribution in [0.25, 0.3) is 28.2 Å². The molecule has 40 heavy (non-hydrogen) atoms. The highest BCUT2D eigenvalue weighted by Gasteiger charge is 2.22. The van der Waals surface area contributed by atoms with Crippen LogP contribution in [0.15, 0.2) is 60.9 Å². The Labute approximate surface area is 232 Å². The van der Waals surface area contributed by atoms with Crippen molar-refractivity contribution in [3.8, 4) is 28.6 Å². The molecule has 0 amide bonds. The lowest BCUT2D eigenvalue weighted by molar-refractivity contribution is 0.123. The Hall–Kier alpha value is -4.41. The summed E-state index contributed by atoms with van der Waals surface area (Å²) in [6.07, 6.45) is 1.81. The van der Waals surface area contributed by atoms with Gasteiger partial charge in [0.25, 0.3) is 0 Å². The van der Waals surface area contributed by atoms with Gasteiger partial charge in [-0.15, -0.1) is 0 Å². The largest absolute Gasteiger partial charge is 0.497 e. The molecule has 206 valence electrons. The number of benzene rings is 2. The van der Waals surface area contributed by atoms with Gasteiger partial charge in [0.1, 0.15) is 17.0 Å². The van der Waals surface area contributed by atoms with Gasteiger partial charge in [0.05, 0.1) is 64.0 Å². The first kappa shape index (κ1) is 25.8. The molecule has 0 saturated carbocycles. The first-order chi connectivity index (χ1) is 19.6. The zero-order valence-electron chi connectivity index (χ0n) is 22.9. The monoisotopic (exact) mass is 540 g/mol. The number of morpholine rings is 1. The maximum absolute atomic E-state index is 10.3. The minimum atomic E-state index is -0.173. The molecule has 1 aliphatic rings. The average Bonchev–Trinajstić information content (AvgIpc) is 3.62. The molecule has 0 radical (unpaired) electrons. The summed E-state index contributed by atoms with van der Waals surface area (Å²) in [5.74, 6) is 2.06. The van der Waals surface area contributed by atoms with Crippen molar-refractivity contribution in [3.63, 3.8) is 0 Å². The van der Waals surface area contributed by atoms with E-state index in [1.807, 2.05) is 53.4 Å². The van der Waals surface area contributed by atoms with Crippen LogP contribution in [0.2, 0.25) is 0 Å². The summed E-state index contributed by atoms with van der Waals surface area (Å²) in [5.41, 5.74) is 7.00. The lowest BCUT2D eigenvalue weighted by Gasteiger charge is -2.29. The quantitative estimate of drug-likeness (QED) is 0.316. The molecule has 0 atom stereocenters. The lowest BCUT2D eigenvalue weighted by atomic mass is 10.1. The van der Waals surface area contributed by atoms with Gasteiger partial charge >= 0.3 is 0 Å². The summed E-state index contributed by atoms with van der Waals surface area (Å²) < 4.78 is 20.4. The number of imidazole rings is 1. The predicted molar refractivity (Wildman–Crippen MR) is 152 cm³/mol. The molecule has 1 aliphatic heterocycles. The molecular formula is C30H32N6O4. The molecule has 4 heterocycles. The van der Waals surface area contributed by atoms with Crippen LogP contribution < -0.4 is 14.4 Å². The SMILES string of the molecule is COc1ccc(Cn2cnc3c(N4CCOCC4)cc(-n4nc(-c5cccc(C)c5)cc4CO)nc32)c(OC)c1. The first-order valence-corrected chi connectivity index (χ1v) is 13.2. The number of ether oxygens (including phenoxy) is 3. The zero-order chi connectivity index (χ0) is 27.6. The Balaban J connectivity index is 1.49. The van der Waals surface area contributed by atoms with Gasteiger partial charge in [-0.3, -0.25) is 0 Å².